The molecule has 2 fully saturated rings. The first-order valence-corrected chi connectivity index (χ1v) is 7.71. The second kappa shape index (κ2) is 6.19. The van der Waals surface area contributed by atoms with Crippen LogP contribution in [0.1, 0.15) is 52.4 Å². The van der Waals surface area contributed by atoms with Crippen molar-refractivity contribution in [2.75, 3.05) is 32.7 Å². The average Bonchev–Trinajstić information content (AvgIpc) is 3.04. The number of hydrogen-bond donors (Lipinski definition) is 1. The summed E-state index contributed by atoms with van der Waals surface area (Å²) in [6.45, 7) is 10.9. The second-order valence-electron chi connectivity index (χ2n) is 6.26. The van der Waals surface area contributed by atoms with Crippen molar-refractivity contribution >= 4 is 0 Å². The van der Waals surface area contributed by atoms with Crippen LogP contribution in [0.5, 0.6) is 0 Å². The minimum atomic E-state index is 0.598. The Balaban J connectivity index is 1.85. The first-order valence-electron chi connectivity index (χ1n) is 7.71. The Kier molecular flexibility index (Phi) is 4.87. The van der Waals surface area contributed by atoms with Crippen molar-refractivity contribution < 1.29 is 0 Å². The Morgan fingerprint density at radius 1 is 1.18 bits per heavy atom. The van der Waals surface area contributed by atoms with Gasteiger partial charge in [0, 0.05) is 19.6 Å². The lowest BCUT2D eigenvalue weighted by Gasteiger charge is -2.35. The summed E-state index contributed by atoms with van der Waals surface area (Å²) in [7, 11) is 0. The van der Waals surface area contributed by atoms with Gasteiger partial charge < -0.3 is 10.2 Å². The molecule has 17 heavy (non-hydrogen) atoms. The van der Waals surface area contributed by atoms with Crippen molar-refractivity contribution in [3.8, 4) is 0 Å². The van der Waals surface area contributed by atoms with E-state index < -0.39 is 0 Å². The summed E-state index contributed by atoms with van der Waals surface area (Å²) < 4.78 is 0. The van der Waals surface area contributed by atoms with Gasteiger partial charge in [0.1, 0.15) is 0 Å². The van der Waals surface area contributed by atoms with Crippen LogP contribution in [0.15, 0.2) is 0 Å². The molecule has 2 aliphatic rings. The van der Waals surface area contributed by atoms with E-state index in [2.05, 4.69) is 24.1 Å². The van der Waals surface area contributed by atoms with E-state index in [1.807, 2.05) is 0 Å². The quantitative estimate of drug-likeness (QED) is 0.699. The van der Waals surface area contributed by atoms with E-state index in [1.165, 1.54) is 64.7 Å². The molecule has 0 aliphatic heterocycles. The molecule has 2 rings (SSSR count). The van der Waals surface area contributed by atoms with Crippen molar-refractivity contribution in [3.05, 3.63) is 0 Å². The molecule has 2 aliphatic carbocycles. The summed E-state index contributed by atoms with van der Waals surface area (Å²) in [5.74, 6) is 1.03. The molecule has 0 atom stereocenters. The molecule has 0 radical (unpaired) electrons. The van der Waals surface area contributed by atoms with Crippen molar-refractivity contribution in [2.24, 2.45) is 11.3 Å². The number of nitrogens with zero attached hydrogens (tertiary/aromatic N) is 1. The molecule has 100 valence electrons. The van der Waals surface area contributed by atoms with Crippen LogP contribution >= 0.6 is 0 Å². The Bertz CT molecular complexity index is 217. The topological polar surface area (TPSA) is 15.3 Å². The first-order chi connectivity index (χ1) is 8.28. The molecule has 1 N–H and O–H groups in total. The van der Waals surface area contributed by atoms with Gasteiger partial charge in [-0.15, -0.1) is 0 Å². The third-order valence-electron chi connectivity index (χ3n) is 4.63. The van der Waals surface area contributed by atoms with Crippen LogP contribution in [0.4, 0.5) is 0 Å². The van der Waals surface area contributed by atoms with Gasteiger partial charge in [-0.25, -0.2) is 0 Å². The minimum absolute atomic E-state index is 0.598. The normalized spacial score (nSPS) is 23.5. The molecule has 2 nitrogen and oxygen atoms in total. The highest BCUT2D eigenvalue weighted by atomic mass is 15.1. The van der Waals surface area contributed by atoms with Crippen molar-refractivity contribution in [3.63, 3.8) is 0 Å². The molecule has 0 aromatic carbocycles. The lowest BCUT2D eigenvalue weighted by molar-refractivity contribution is 0.150. The molecule has 2 heteroatoms. The minimum Gasteiger partial charge on any atom is -0.316 e. The SMILES string of the molecule is CCNCC1(CN(CC)CC2CC2)CCCC1. The maximum atomic E-state index is 3.60. The largest absolute Gasteiger partial charge is 0.316 e. The molecule has 0 aromatic rings. The predicted molar refractivity (Wildman–Crippen MR) is 74.3 cm³/mol. The van der Waals surface area contributed by atoms with Crippen LogP contribution in [0, 0.1) is 11.3 Å². The molecule has 0 saturated heterocycles. The van der Waals surface area contributed by atoms with Gasteiger partial charge in [-0.2, -0.15) is 0 Å². The van der Waals surface area contributed by atoms with Gasteiger partial charge in [0.05, 0.1) is 0 Å². The Hall–Kier alpha value is -0.0800. The van der Waals surface area contributed by atoms with Crippen LogP contribution in [0.3, 0.4) is 0 Å². The second-order valence-corrected chi connectivity index (χ2v) is 6.26. The van der Waals surface area contributed by atoms with E-state index >= 15 is 0 Å². The molecule has 0 bridgehead atoms. The Labute approximate surface area is 107 Å². The van der Waals surface area contributed by atoms with Crippen LogP contribution < -0.4 is 5.32 Å². The van der Waals surface area contributed by atoms with Crippen molar-refractivity contribution in [2.45, 2.75) is 52.4 Å². The van der Waals surface area contributed by atoms with Gasteiger partial charge in [-0.3, -0.25) is 0 Å². The van der Waals surface area contributed by atoms with E-state index in [0.29, 0.717) is 5.41 Å². The molecular weight excluding hydrogens is 208 g/mol. The summed E-state index contributed by atoms with van der Waals surface area (Å²) in [5.41, 5.74) is 0.598. The standard InChI is InChI=1S/C15H30N2/c1-3-16-12-15(9-5-6-10-15)13-17(4-2)11-14-7-8-14/h14,16H,3-13H2,1-2H3. The van der Waals surface area contributed by atoms with Gasteiger partial charge in [-0.05, 0) is 50.1 Å². The molecule has 0 heterocycles. The lowest BCUT2D eigenvalue weighted by atomic mass is 9.85. The maximum absolute atomic E-state index is 3.60. The van der Waals surface area contributed by atoms with E-state index in [-0.39, 0.29) is 0 Å². The smallest absolute Gasteiger partial charge is 0.00501 e. The highest BCUT2D eigenvalue weighted by molar-refractivity contribution is 4.90. The van der Waals surface area contributed by atoms with E-state index in [1.54, 1.807) is 0 Å². The van der Waals surface area contributed by atoms with Crippen LogP contribution in [0.2, 0.25) is 0 Å². The molecular formula is C15H30N2. The monoisotopic (exact) mass is 238 g/mol. The highest BCUT2D eigenvalue weighted by Gasteiger charge is 2.36. The number of rotatable bonds is 8. The lowest BCUT2D eigenvalue weighted by Crippen LogP contribution is -2.43. The Morgan fingerprint density at radius 3 is 2.41 bits per heavy atom. The van der Waals surface area contributed by atoms with Crippen LogP contribution in [-0.2, 0) is 0 Å². The predicted octanol–water partition coefficient (Wildman–Crippen LogP) is 2.89. The van der Waals surface area contributed by atoms with Gasteiger partial charge in [-0.1, -0.05) is 26.7 Å². The van der Waals surface area contributed by atoms with Gasteiger partial charge >= 0.3 is 0 Å². The molecule has 0 unspecified atom stereocenters. The fourth-order valence-electron chi connectivity index (χ4n) is 3.35. The first kappa shape index (κ1) is 13.4. The highest BCUT2D eigenvalue weighted by Crippen LogP contribution is 2.39. The zero-order valence-electron chi connectivity index (χ0n) is 11.8. The van der Waals surface area contributed by atoms with Gasteiger partial charge in [0.15, 0.2) is 0 Å². The van der Waals surface area contributed by atoms with Crippen molar-refractivity contribution in [1.82, 2.24) is 10.2 Å². The van der Waals surface area contributed by atoms with Crippen LogP contribution in [0.25, 0.3) is 0 Å². The summed E-state index contributed by atoms with van der Waals surface area (Å²) in [6, 6.07) is 0. The zero-order valence-corrected chi connectivity index (χ0v) is 11.8. The van der Waals surface area contributed by atoms with Crippen LogP contribution in [-0.4, -0.2) is 37.6 Å². The summed E-state index contributed by atoms with van der Waals surface area (Å²) >= 11 is 0. The molecule has 2 saturated carbocycles. The number of nitrogens with one attached hydrogen (secondary N) is 1. The summed E-state index contributed by atoms with van der Waals surface area (Å²) in [4.78, 5) is 2.72. The van der Waals surface area contributed by atoms with Gasteiger partial charge in [0.25, 0.3) is 0 Å². The molecule has 0 spiro atoms. The average molecular weight is 238 g/mol. The summed E-state index contributed by atoms with van der Waals surface area (Å²) in [6.07, 6.45) is 8.76. The fourth-order valence-corrected chi connectivity index (χ4v) is 3.35. The van der Waals surface area contributed by atoms with Crippen molar-refractivity contribution in [1.29, 1.82) is 0 Å². The Morgan fingerprint density at radius 2 is 1.88 bits per heavy atom. The third kappa shape index (κ3) is 3.96. The molecule has 0 aromatic heterocycles. The maximum Gasteiger partial charge on any atom is 0.00501 e. The zero-order chi connectivity index (χ0) is 12.1. The third-order valence-corrected chi connectivity index (χ3v) is 4.63. The van der Waals surface area contributed by atoms with E-state index in [9.17, 15) is 0 Å². The summed E-state index contributed by atoms with van der Waals surface area (Å²) in [5, 5.41) is 3.60. The van der Waals surface area contributed by atoms with Gasteiger partial charge in [0.2, 0.25) is 0 Å². The van der Waals surface area contributed by atoms with E-state index in [4.69, 9.17) is 0 Å². The fraction of sp³-hybridized carbons (Fsp3) is 1.00. The number of hydrogen-bond acceptors (Lipinski definition) is 2. The molecule has 0 amide bonds. The van der Waals surface area contributed by atoms with E-state index in [0.717, 1.165) is 12.5 Å².